The number of nitrogens with zero attached hydrogens (tertiary/aromatic N) is 1. The Morgan fingerprint density at radius 2 is 1.90 bits per heavy atom. The second-order valence-electron chi connectivity index (χ2n) is 12.1. The number of piperidine rings is 1. The van der Waals surface area contributed by atoms with Crippen LogP contribution in [0.15, 0.2) is 18.2 Å². The summed E-state index contributed by atoms with van der Waals surface area (Å²) in [5.41, 5.74) is 0.910. The van der Waals surface area contributed by atoms with E-state index in [0.717, 1.165) is 19.5 Å². The highest BCUT2D eigenvalue weighted by Crippen LogP contribution is 2.52. The van der Waals surface area contributed by atoms with Gasteiger partial charge in [-0.05, 0) is 68.2 Å². The van der Waals surface area contributed by atoms with Crippen molar-refractivity contribution in [3.63, 3.8) is 0 Å². The molecule has 220 valence electrons. The van der Waals surface area contributed by atoms with Crippen molar-refractivity contribution >= 4 is 5.91 Å². The molecule has 3 aliphatic rings. The van der Waals surface area contributed by atoms with Crippen LogP contribution in [-0.2, 0) is 11.2 Å². The maximum absolute atomic E-state index is 14.7. The topological polar surface area (TPSA) is 135 Å². The van der Waals surface area contributed by atoms with Crippen LogP contribution in [0.1, 0.15) is 44.6 Å². The summed E-state index contributed by atoms with van der Waals surface area (Å²) in [5, 5.41) is 45.5. The highest BCUT2D eigenvalue weighted by atomic mass is 19.1. The van der Waals surface area contributed by atoms with Crippen LogP contribution in [0.4, 0.5) is 4.39 Å². The zero-order chi connectivity index (χ0) is 28.0. The summed E-state index contributed by atoms with van der Waals surface area (Å²) in [6, 6.07) is 4.74. The van der Waals surface area contributed by atoms with Gasteiger partial charge >= 0.3 is 0 Å². The van der Waals surface area contributed by atoms with Gasteiger partial charge in [-0.15, -0.1) is 0 Å². The third kappa shape index (κ3) is 7.89. The van der Waals surface area contributed by atoms with Gasteiger partial charge in [0, 0.05) is 50.7 Å². The maximum Gasteiger partial charge on any atom is 0.227 e. The van der Waals surface area contributed by atoms with E-state index in [4.69, 9.17) is 9.84 Å². The van der Waals surface area contributed by atoms with E-state index < -0.39 is 30.0 Å². The van der Waals surface area contributed by atoms with Crippen molar-refractivity contribution < 1.29 is 34.3 Å². The summed E-state index contributed by atoms with van der Waals surface area (Å²) in [5.74, 6) is 0.291. The number of hydrogen-bond donors (Lipinski definition) is 6. The van der Waals surface area contributed by atoms with Gasteiger partial charge in [0.15, 0.2) is 0 Å². The van der Waals surface area contributed by atoms with Gasteiger partial charge < -0.3 is 40.7 Å². The van der Waals surface area contributed by atoms with Crippen LogP contribution in [0.3, 0.4) is 0 Å². The highest BCUT2D eigenvalue weighted by molar-refractivity contribution is 5.79. The number of halogens is 1. The fraction of sp³-hybridized carbons (Fsp3) is 0.759. The normalized spacial score (nSPS) is 22.6. The van der Waals surface area contributed by atoms with Gasteiger partial charge in [-0.25, -0.2) is 4.39 Å². The minimum atomic E-state index is -1.36. The lowest BCUT2D eigenvalue weighted by molar-refractivity contribution is -0.136. The molecule has 1 amide bonds. The quantitative estimate of drug-likeness (QED) is 0.199. The van der Waals surface area contributed by atoms with Gasteiger partial charge in [-0.1, -0.05) is 13.0 Å². The summed E-state index contributed by atoms with van der Waals surface area (Å²) in [4.78, 5) is 14.3. The van der Waals surface area contributed by atoms with Crippen LogP contribution in [-0.4, -0.2) is 102 Å². The Bertz CT molecular complexity index is 932. The molecule has 2 saturated heterocycles. The smallest absolute Gasteiger partial charge is 0.227 e. The number of hydrogen-bond acceptors (Lipinski definition) is 8. The number of benzene rings is 1. The van der Waals surface area contributed by atoms with Crippen LogP contribution in [0.25, 0.3) is 0 Å². The largest absolute Gasteiger partial charge is 0.493 e. The van der Waals surface area contributed by atoms with Gasteiger partial charge in [0.2, 0.25) is 5.91 Å². The van der Waals surface area contributed by atoms with Gasteiger partial charge in [0.05, 0.1) is 25.2 Å². The number of aliphatic hydroxyl groups is 4. The fourth-order valence-corrected chi connectivity index (χ4v) is 6.24. The molecule has 9 nitrogen and oxygen atoms in total. The van der Waals surface area contributed by atoms with Gasteiger partial charge in [0.25, 0.3) is 0 Å². The molecule has 1 aromatic rings. The lowest BCUT2D eigenvalue weighted by atomic mass is 9.57. The Balaban J connectivity index is 1.09. The number of carbonyl (C=O) groups excluding carboxylic acids is 1. The molecular weight excluding hydrogens is 505 g/mol. The zero-order valence-corrected chi connectivity index (χ0v) is 23.0. The molecule has 1 aliphatic carbocycles. The average Bonchev–Trinajstić information content (AvgIpc) is 2.89. The van der Waals surface area contributed by atoms with Gasteiger partial charge in [-0.2, -0.15) is 0 Å². The first-order valence-corrected chi connectivity index (χ1v) is 14.4. The number of amides is 1. The summed E-state index contributed by atoms with van der Waals surface area (Å²) < 4.78 is 20.5. The number of nitrogens with one attached hydrogen (secondary N) is 2. The third-order valence-electron chi connectivity index (χ3n) is 8.98. The van der Waals surface area contributed by atoms with Crippen molar-refractivity contribution in [1.29, 1.82) is 0 Å². The number of ether oxygens (including phenoxy) is 1. The SMILES string of the molecule is CC(CO)[C@@H](O)[C@H](O)[C@@H](O)CNCC1CN(C(=O)Cc2ccc(OCCC3CC4(CCNCC4)C3)cc2F)C1. The van der Waals surface area contributed by atoms with Crippen LogP contribution in [0.2, 0.25) is 0 Å². The number of aliphatic hydroxyl groups excluding tert-OH is 4. The minimum Gasteiger partial charge on any atom is -0.493 e. The molecule has 10 heteroatoms. The maximum atomic E-state index is 14.7. The third-order valence-corrected chi connectivity index (χ3v) is 8.98. The lowest BCUT2D eigenvalue weighted by Crippen LogP contribution is -2.54. The molecular formula is C29H46FN3O6. The summed E-state index contributed by atoms with van der Waals surface area (Å²) in [6.07, 6.45) is 2.34. The molecule has 2 heterocycles. The molecule has 0 bridgehead atoms. The molecule has 0 aromatic heterocycles. The van der Waals surface area contributed by atoms with Gasteiger partial charge in [0.1, 0.15) is 17.7 Å². The predicted molar refractivity (Wildman–Crippen MR) is 145 cm³/mol. The van der Waals surface area contributed by atoms with Crippen LogP contribution >= 0.6 is 0 Å². The van der Waals surface area contributed by atoms with E-state index >= 15 is 0 Å². The van der Waals surface area contributed by atoms with E-state index in [1.165, 1.54) is 31.7 Å². The number of carbonyl (C=O) groups is 1. The molecule has 3 fully saturated rings. The van der Waals surface area contributed by atoms with Crippen LogP contribution in [0, 0.1) is 29.0 Å². The zero-order valence-electron chi connectivity index (χ0n) is 23.0. The van der Waals surface area contributed by atoms with E-state index in [9.17, 15) is 24.5 Å². The summed E-state index contributed by atoms with van der Waals surface area (Å²) >= 11 is 0. The van der Waals surface area contributed by atoms with Crippen LogP contribution in [0.5, 0.6) is 5.75 Å². The Kier molecular flexibility index (Phi) is 10.6. The fourth-order valence-electron chi connectivity index (χ4n) is 6.24. The average molecular weight is 552 g/mol. The van der Waals surface area contributed by atoms with E-state index in [0.29, 0.717) is 48.9 Å². The first-order valence-electron chi connectivity index (χ1n) is 14.4. The predicted octanol–water partition coefficient (Wildman–Crippen LogP) is 0.676. The number of rotatable bonds is 14. The molecule has 1 aromatic carbocycles. The van der Waals surface area contributed by atoms with Crippen molar-refractivity contribution in [1.82, 2.24) is 15.5 Å². The molecule has 2 aliphatic heterocycles. The monoisotopic (exact) mass is 551 g/mol. The first kappa shape index (κ1) is 30.1. The Labute approximate surface area is 230 Å². The molecule has 4 atom stereocenters. The standard InChI is InChI=1S/C29H46FN3O6/c1-19(18-34)27(37)28(38)25(35)15-32-14-21-16-33(17-21)26(36)10-22-2-3-23(11-24(22)30)39-9-4-20-12-29(13-20)5-7-31-8-6-29/h2-3,11,19-21,25,27-28,31-32,34-35,37-38H,4-10,12-18H2,1H3/t19?,25-,27+,28+/m0/s1. The van der Waals surface area contributed by atoms with Crippen molar-refractivity contribution in [2.24, 2.45) is 23.2 Å². The lowest BCUT2D eigenvalue weighted by Gasteiger charge is -2.50. The Hall–Kier alpha value is -1.82. The van der Waals surface area contributed by atoms with E-state index in [1.54, 1.807) is 24.0 Å². The molecule has 1 unspecified atom stereocenters. The Morgan fingerprint density at radius 3 is 2.56 bits per heavy atom. The minimum absolute atomic E-state index is 0.00286. The second-order valence-corrected chi connectivity index (χ2v) is 12.1. The summed E-state index contributed by atoms with van der Waals surface area (Å²) in [6.45, 7) is 5.84. The van der Waals surface area contributed by atoms with Gasteiger partial charge in [-0.3, -0.25) is 4.79 Å². The van der Waals surface area contributed by atoms with Crippen molar-refractivity contribution in [3.05, 3.63) is 29.6 Å². The van der Waals surface area contributed by atoms with Crippen molar-refractivity contribution in [2.75, 3.05) is 52.5 Å². The summed E-state index contributed by atoms with van der Waals surface area (Å²) in [7, 11) is 0. The molecule has 1 saturated carbocycles. The molecule has 6 N–H and O–H groups in total. The van der Waals surface area contributed by atoms with Crippen LogP contribution < -0.4 is 15.4 Å². The van der Waals surface area contributed by atoms with Crippen molar-refractivity contribution in [3.8, 4) is 5.75 Å². The molecule has 4 rings (SSSR count). The molecule has 0 radical (unpaired) electrons. The highest BCUT2D eigenvalue weighted by Gasteiger charge is 2.44. The second kappa shape index (κ2) is 13.7. The first-order chi connectivity index (χ1) is 18.7. The molecule has 39 heavy (non-hydrogen) atoms. The van der Waals surface area contributed by atoms with E-state index in [1.807, 2.05) is 0 Å². The van der Waals surface area contributed by atoms with Crippen molar-refractivity contribution in [2.45, 2.75) is 63.8 Å². The number of likely N-dealkylation sites (tertiary alicyclic amines) is 1. The van der Waals surface area contributed by atoms with E-state index in [-0.39, 0.29) is 31.4 Å². The Morgan fingerprint density at radius 1 is 1.18 bits per heavy atom. The van der Waals surface area contributed by atoms with E-state index in [2.05, 4.69) is 10.6 Å². The molecule has 1 spiro atoms.